The van der Waals surface area contributed by atoms with Gasteiger partial charge in [-0.1, -0.05) is 19.9 Å². The summed E-state index contributed by atoms with van der Waals surface area (Å²) >= 11 is 0. The number of benzene rings is 1. The molecule has 0 spiro atoms. The van der Waals surface area contributed by atoms with Crippen molar-refractivity contribution in [2.75, 3.05) is 26.8 Å². The van der Waals surface area contributed by atoms with E-state index in [2.05, 4.69) is 29.5 Å². The van der Waals surface area contributed by atoms with Gasteiger partial charge in [-0.05, 0) is 30.9 Å². The van der Waals surface area contributed by atoms with Crippen LogP contribution < -0.4 is 10.6 Å². The second-order valence-corrected chi connectivity index (χ2v) is 6.52. The number of hydrogen-bond donors (Lipinski definition) is 2. The summed E-state index contributed by atoms with van der Waals surface area (Å²) in [4.78, 5) is 4.14. The van der Waals surface area contributed by atoms with Crippen LogP contribution in [-0.4, -0.2) is 38.8 Å². The number of hydrogen-bond acceptors (Lipinski definition) is 2. The Bertz CT molecular complexity index is 543. The maximum Gasteiger partial charge on any atom is 0.191 e. The summed E-state index contributed by atoms with van der Waals surface area (Å²) in [6.45, 7) is 6.32. The molecular weight excluding hydrogens is 312 g/mol. The Morgan fingerprint density at radius 1 is 1.29 bits per heavy atom. The number of guanidine groups is 1. The smallest absolute Gasteiger partial charge is 0.191 e. The number of nitrogens with zero attached hydrogens (tertiary/aromatic N) is 1. The van der Waals surface area contributed by atoms with Crippen LogP contribution in [0.3, 0.4) is 0 Å². The number of rotatable bonds is 8. The average molecular weight is 339 g/mol. The van der Waals surface area contributed by atoms with E-state index < -0.39 is 11.6 Å². The molecule has 1 saturated carbocycles. The first-order chi connectivity index (χ1) is 11.5. The van der Waals surface area contributed by atoms with Crippen LogP contribution in [0.15, 0.2) is 23.2 Å². The molecule has 1 fully saturated rings. The fraction of sp³-hybridized carbons (Fsp3) is 0.611. The molecule has 2 atom stereocenters. The van der Waals surface area contributed by atoms with E-state index in [0.29, 0.717) is 31.4 Å². The topological polar surface area (TPSA) is 45.7 Å². The molecule has 2 N–H and O–H groups in total. The van der Waals surface area contributed by atoms with Crippen molar-refractivity contribution in [1.29, 1.82) is 0 Å². The van der Waals surface area contributed by atoms with Crippen LogP contribution in [0.4, 0.5) is 8.78 Å². The lowest BCUT2D eigenvalue weighted by atomic mass is 10.1. The molecule has 4 nitrogen and oxygen atoms in total. The van der Waals surface area contributed by atoms with E-state index in [1.165, 1.54) is 18.2 Å². The third-order valence-electron chi connectivity index (χ3n) is 4.09. The van der Waals surface area contributed by atoms with Gasteiger partial charge in [-0.3, -0.25) is 4.99 Å². The van der Waals surface area contributed by atoms with Gasteiger partial charge in [-0.25, -0.2) is 8.78 Å². The lowest BCUT2D eigenvalue weighted by molar-refractivity contribution is 0.128. The Kier molecular flexibility index (Phi) is 6.97. The molecule has 0 saturated heterocycles. The van der Waals surface area contributed by atoms with Gasteiger partial charge in [0.25, 0.3) is 0 Å². The molecule has 1 aromatic carbocycles. The minimum Gasteiger partial charge on any atom is -0.380 e. The quantitative estimate of drug-likeness (QED) is 0.435. The highest BCUT2D eigenvalue weighted by Gasteiger charge is 2.42. The zero-order valence-electron chi connectivity index (χ0n) is 14.6. The van der Waals surface area contributed by atoms with E-state index >= 15 is 0 Å². The summed E-state index contributed by atoms with van der Waals surface area (Å²) in [5, 5.41) is 6.36. The van der Waals surface area contributed by atoms with Gasteiger partial charge >= 0.3 is 0 Å². The van der Waals surface area contributed by atoms with Gasteiger partial charge in [0.1, 0.15) is 11.6 Å². The minimum atomic E-state index is -0.481. The highest BCUT2D eigenvalue weighted by atomic mass is 19.1. The van der Waals surface area contributed by atoms with E-state index in [1.807, 2.05) is 0 Å². The van der Waals surface area contributed by atoms with Crippen molar-refractivity contribution in [3.05, 3.63) is 35.4 Å². The summed E-state index contributed by atoms with van der Waals surface area (Å²) in [5.41, 5.74) is 0.169. The van der Waals surface area contributed by atoms with Gasteiger partial charge in [0.05, 0.1) is 6.61 Å². The second-order valence-electron chi connectivity index (χ2n) is 6.52. The highest BCUT2D eigenvalue weighted by molar-refractivity contribution is 5.80. The van der Waals surface area contributed by atoms with Crippen molar-refractivity contribution in [1.82, 2.24) is 10.6 Å². The lowest BCUT2D eigenvalue weighted by Gasteiger charge is -2.13. The molecule has 1 aromatic rings. The molecule has 0 amide bonds. The van der Waals surface area contributed by atoms with Crippen molar-refractivity contribution in [3.8, 4) is 0 Å². The van der Waals surface area contributed by atoms with Crippen molar-refractivity contribution >= 4 is 5.96 Å². The predicted octanol–water partition coefficient (Wildman–Crippen LogP) is 3.05. The van der Waals surface area contributed by atoms with E-state index in [1.54, 1.807) is 7.05 Å². The van der Waals surface area contributed by atoms with Crippen LogP contribution >= 0.6 is 0 Å². The fourth-order valence-electron chi connectivity index (χ4n) is 2.57. The van der Waals surface area contributed by atoms with Crippen LogP contribution in [0, 0.1) is 17.6 Å². The Morgan fingerprint density at radius 2 is 2.00 bits per heavy atom. The van der Waals surface area contributed by atoms with Crippen LogP contribution in [0.1, 0.15) is 38.2 Å². The Morgan fingerprint density at radius 3 is 2.62 bits per heavy atom. The zero-order valence-corrected chi connectivity index (χ0v) is 14.6. The number of halogens is 2. The van der Waals surface area contributed by atoms with Gasteiger partial charge < -0.3 is 15.4 Å². The average Bonchev–Trinajstić information content (AvgIpc) is 3.27. The molecular formula is C18H27F2N3O. The van der Waals surface area contributed by atoms with E-state index in [9.17, 15) is 8.78 Å². The van der Waals surface area contributed by atoms with Crippen LogP contribution in [0.2, 0.25) is 0 Å². The Hall–Kier alpha value is -1.69. The monoisotopic (exact) mass is 339 g/mol. The lowest BCUT2D eigenvalue weighted by Crippen LogP contribution is -2.40. The molecule has 0 aliphatic heterocycles. The summed E-state index contributed by atoms with van der Waals surface area (Å²) in [6, 6.07) is 3.99. The first-order valence-corrected chi connectivity index (χ1v) is 8.51. The largest absolute Gasteiger partial charge is 0.380 e. The summed E-state index contributed by atoms with van der Waals surface area (Å²) in [5.74, 6) is 0.160. The number of nitrogens with one attached hydrogen (secondary N) is 2. The molecule has 134 valence electrons. The molecule has 0 radical (unpaired) electrons. The maximum absolute atomic E-state index is 13.8. The fourth-order valence-corrected chi connectivity index (χ4v) is 2.57. The van der Waals surface area contributed by atoms with Gasteiger partial charge in [-0.15, -0.1) is 0 Å². The predicted molar refractivity (Wildman–Crippen MR) is 92.3 cm³/mol. The maximum atomic E-state index is 13.8. The molecule has 0 aromatic heterocycles. The molecule has 1 aliphatic carbocycles. The van der Waals surface area contributed by atoms with Crippen molar-refractivity contribution in [3.63, 3.8) is 0 Å². The zero-order chi connectivity index (χ0) is 17.5. The first kappa shape index (κ1) is 18.6. The van der Waals surface area contributed by atoms with Gasteiger partial charge in [-0.2, -0.15) is 0 Å². The normalized spacial score (nSPS) is 20.3. The van der Waals surface area contributed by atoms with Crippen molar-refractivity contribution < 1.29 is 13.5 Å². The van der Waals surface area contributed by atoms with Gasteiger partial charge in [0, 0.05) is 37.7 Å². The van der Waals surface area contributed by atoms with E-state index in [-0.39, 0.29) is 17.5 Å². The highest BCUT2D eigenvalue weighted by Crippen LogP contribution is 2.42. The van der Waals surface area contributed by atoms with E-state index in [4.69, 9.17) is 4.74 Å². The first-order valence-electron chi connectivity index (χ1n) is 8.51. The van der Waals surface area contributed by atoms with Crippen molar-refractivity contribution in [2.24, 2.45) is 10.9 Å². The van der Waals surface area contributed by atoms with Gasteiger partial charge in [0.2, 0.25) is 0 Å². The Labute approximate surface area is 142 Å². The van der Waals surface area contributed by atoms with Crippen LogP contribution in [-0.2, 0) is 4.74 Å². The third kappa shape index (κ3) is 5.44. The summed E-state index contributed by atoms with van der Waals surface area (Å²) in [6.07, 6.45) is 1.74. The molecule has 0 bridgehead atoms. The van der Waals surface area contributed by atoms with E-state index in [0.717, 1.165) is 13.0 Å². The number of ether oxygens (including phenoxy) is 1. The van der Waals surface area contributed by atoms with Crippen molar-refractivity contribution in [2.45, 2.75) is 38.6 Å². The summed E-state index contributed by atoms with van der Waals surface area (Å²) < 4.78 is 33.1. The molecule has 0 heterocycles. The minimum absolute atomic E-state index is 0.00413. The number of aliphatic imine (C=N–C) groups is 1. The van der Waals surface area contributed by atoms with Crippen LogP contribution in [0.25, 0.3) is 0 Å². The Balaban J connectivity index is 1.71. The van der Waals surface area contributed by atoms with Crippen LogP contribution in [0.5, 0.6) is 0 Å². The second kappa shape index (κ2) is 8.97. The third-order valence-corrected chi connectivity index (χ3v) is 4.09. The SMILES string of the molecule is CN=C(NCCOCCC(C)C)NC1CC1c1c(F)cccc1F. The standard InChI is InChI=1S/C18H27F2N3O/c1-12(2)7-9-24-10-8-22-18(21-3)23-16-11-13(16)17-14(19)5-4-6-15(17)20/h4-6,12-13,16H,7-11H2,1-3H3,(H2,21,22,23). The van der Waals surface area contributed by atoms with Gasteiger partial charge in [0.15, 0.2) is 5.96 Å². The molecule has 2 rings (SSSR count). The molecule has 24 heavy (non-hydrogen) atoms. The summed E-state index contributed by atoms with van der Waals surface area (Å²) in [7, 11) is 1.68. The molecule has 6 heteroatoms. The molecule has 2 unspecified atom stereocenters. The molecule has 1 aliphatic rings.